The summed E-state index contributed by atoms with van der Waals surface area (Å²) in [5.74, 6) is 2.17. The van der Waals surface area contributed by atoms with Crippen molar-refractivity contribution in [1.82, 2.24) is 15.5 Å². The van der Waals surface area contributed by atoms with E-state index >= 15 is 0 Å². The van der Waals surface area contributed by atoms with Crippen molar-refractivity contribution in [1.29, 1.82) is 0 Å². The number of nitrogen functional groups attached to an aromatic ring is 1. The lowest BCUT2D eigenvalue weighted by atomic mass is 10.1. The third-order valence-corrected chi connectivity index (χ3v) is 2.59. The maximum atomic E-state index is 12.1. The van der Waals surface area contributed by atoms with Gasteiger partial charge in [0.15, 0.2) is 5.69 Å². The van der Waals surface area contributed by atoms with Crippen molar-refractivity contribution >= 4 is 22.5 Å². The molecular weight excluding hydrogens is 228 g/mol. The topological polar surface area (TPSA) is 83.8 Å². The van der Waals surface area contributed by atoms with Crippen LogP contribution in [0.4, 0.5) is 5.69 Å². The number of nitrogens with one attached hydrogen (secondary N) is 2. The highest BCUT2D eigenvalue weighted by atomic mass is 16.2. The number of amides is 1. The van der Waals surface area contributed by atoms with Crippen LogP contribution < -0.4 is 11.1 Å². The molecule has 0 aliphatic heterocycles. The van der Waals surface area contributed by atoms with Crippen LogP contribution in [-0.2, 0) is 0 Å². The lowest BCUT2D eigenvalue weighted by Crippen LogP contribution is -2.42. The number of terminal acetylenes is 1. The second kappa shape index (κ2) is 4.08. The summed E-state index contributed by atoms with van der Waals surface area (Å²) in [7, 11) is 0. The first-order chi connectivity index (χ1) is 8.43. The number of nitrogens with zero attached hydrogens (tertiary/aromatic N) is 1. The molecule has 1 aromatic carbocycles. The standard InChI is InChI=1S/C13H14N4O/c1-4-13(2,3)15-12(18)11-9-7-8(14)5-6-10(9)16-17-11/h1,5-7H,14H2,2-3H3,(H,15,18)(H,16,17). The summed E-state index contributed by atoms with van der Waals surface area (Å²) in [6, 6.07) is 5.23. The molecule has 0 fully saturated rings. The molecule has 0 atom stereocenters. The fourth-order valence-electron chi connectivity index (χ4n) is 1.58. The van der Waals surface area contributed by atoms with Crippen LogP contribution in [0.25, 0.3) is 10.9 Å². The Balaban J connectivity index is 2.40. The van der Waals surface area contributed by atoms with Gasteiger partial charge in [-0.05, 0) is 32.0 Å². The van der Waals surface area contributed by atoms with Gasteiger partial charge in [0.05, 0.1) is 11.1 Å². The lowest BCUT2D eigenvalue weighted by molar-refractivity contribution is 0.0926. The van der Waals surface area contributed by atoms with Gasteiger partial charge in [-0.25, -0.2) is 0 Å². The second-order valence-corrected chi connectivity index (χ2v) is 4.60. The Morgan fingerprint density at radius 3 is 2.94 bits per heavy atom. The van der Waals surface area contributed by atoms with Crippen molar-refractivity contribution in [2.45, 2.75) is 19.4 Å². The Bertz CT molecular complexity index is 649. The van der Waals surface area contributed by atoms with Crippen LogP contribution in [0.15, 0.2) is 18.2 Å². The summed E-state index contributed by atoms with van der Waals surface area (Å²) in [4.78, 5) is 12.1. The summed E-state index contributed by atoms with van der Waals surface area (Å²) in [5, 5.41) is 10.2. The van der Waals surface area contributed by atoms with Crippen molar-refractivity contribution in [3.05, 3.63) is 23.9 Å². The van der Waals surface area contributed by atoms with Gasteiger partial charge in [-0.1, -0.05) is 5.92 Å². The molecule has 1 amide bonds. The van der Waals surface area contributed by atoms with Gasteiger partial charge < -0.3 is 11.1 Å². The number of nitrogens with two attached hydrogens (primary N) is 1. The predicted octanol–water partition coefficient (Wildman–Crippen LogP) is 1.29. The number of aromatic nitrogens is 2. The quantitative estimate of drug-likeness (QED) is 0.548. The van der Waals surface area contributed by atoms with Crippen LogP contribution in [0.5, 0.6) is 0 Å². The summed E-state index contributed by atoms with van der Waals surface area (Å²) in [6.45, 7) is 3.49. The zero-order chi connectivity index (χ0) is 13.3. The van der Waals surface area contributed by atoms with E-state index < -0.39 is 5.54 Å². The van der Waals surface area contributed by atoms with Gasteiger partial charge in [-0.2, -0.15) is 5.10 Å². The van der Waals surface area contributed by atoms with Crippen molar-refractivity contribution in [2.75, 3.05) is 5.73 Å². The monoisotopic (exact) mass is 242 g/mol. The first kappa shape index (κ1) is 12.0. The Morgan fingerprint density at radius 2 is 2.28 bits per heavy atom. The van der Waals surface area contributed by atoms with Gasteiger partial charge >= 0.3 is 0 Å². The molecule has 0 unspecified atom stereocenters. The number of aromatic amines is 1. The summed E-state index contributed by atoms with van der Waals surface area (Å²) < 4.78 is 0. The largest absolute Gasteiger partial charge is 0.399 e. The van der Waals surface area contributed by atoms with Crippen LogP contribution >= 0.6 is 0 Å². The van der Waals surface area contributed by atoms with Gasteiger partial charge in [-0.15, -0.1) is 6.42 Å². The Labute approximate surface area is 105 Å². The SMILES string of the molecule is C#CC(C)(C)NC(=O)c1n[nH]c2ccc(N)cc12. The van der Waals surface area contributed by atoms with Crippen LogP contribution in [-0.4, -0.2) is 21.6 Å². The molecule has 1 heterocycles. The number of H-pyrrole nitrogens is 1. The molecule has 0 saturated carbocycles. The molecule has 0 saturated heterocycles. The van der Waals surface area contributed by atoms with Crippen LogP contribution in [0.3, 0.4) is 0 Å². The molecule has 5 heteroatoms. The molecule has 0 spiro atoms. The van der Waals surface area contributed by atoms with E-state index in [0.717, 1.165) is 5.52 Å². The normalized spacial score (nSPS) is 11.2. The zero-order valence-electron chi connectivity index (χ0n) is 10.2. The van der Waals surface area contributed by atoms with Crippen molar-refractivity contribution < 1.29 is 4.79 Å². The Kier molecular flexibility index (Phi) is 2.71. The number of rotatable bonds is 2. The van der Waals surface area contributed by atoms with Crippen molar-refractivity contribution in [2.24, 2.45) is 0 Å². The van der Waals surface area contributed by atoms with E-state index in [-0.39, 0.29) is 5.91 Å². The summed E-state index contributed by atoms with van der Waals surface area (Å²) >= 11 is 0. The van der Waals surface area contributed by atoms with E-state index in [1.165, 1.54) is 0 Å². The lowest BCUT2D eigenvalue weighted by Gasteiger charge is -2.18. The summed E-state index contributed by atoms with van der Waals surface area (Å²) in [5.41, 5.74) is 6.61. The average Bonchev–Trinajstić information content (AvgIpc) is 2.71. The predicted molar refractivity (Wildman–Crippen MR) is 70.9 cm³/mol. The average molecular weight is 242 g/mol. The highest BCUT2D eigenvalue weighted by Gasteiger charge is 2.21. The molecule has 1 aromatic heterocycles. The van der Waals surface area contributed by atoms with Crippen molar-refractivity contribution in [3.8, 4) is 12.3 Å². The van der Waals surface area contributed by atoms with Crippen molar-refractivity contribution in [3.63, 3.8) is 0 Å². The minimum atomic E-state index is -0.720. The van der Waals surface area contributed by atoms with Gasteiger partial charge in [-0.3, -0.25) is 9.89 Å². The van der Waals surface area contributed by atoms with E-state index in [1.54, 1.807) is 32.0 Å². The molecule has 92 valence electrons. The Hall–Kier alpha value is -2.48. The van der Waals surface area contributed by atoms with Gasteiger partial charge in [0.25, 0.3) is 5.91 Å². The maximum Gasteiger partial charge on any atom is 0.273 e. The van der Waals surface area contributed by atoms with E-state index in [2.05, 4.69) is 21.4 Å². The fourth-order valence-corrected chi connectivity index (χ4v) is 1.58. The Morgan fingerprint density at radius 1 is 1.56 bits per heavy atom. The molecule has 18 heavy (non-hydrogen) atoms. The van der Waals surface area contributed by atoms with Crippen LogP contribution in [0.2, 0.25) is 0 Å². The number of anilines is 1. The molecule has 0 aliphatic rings. The minimum absolute atomic E-state index is 0.292. The van der Waals surface area contributed by atoms with E-state index in [0.29, 0.717) is 16.8 Å². The third-order valence-electron chi connectivity index (χ3n) is 2.59. The van der Waals surface area contributed by atoms with Crippen LogP contribution in [0.1, 0.15) is 24.3 Å². The maximum absolute atomic E-state index is 12.1. The minimum Gasteiger partial charge on any atom is -0.399 e. The molecule has 4 N–H and O–H groups in total. The molecular formula is C13H14N4O. The number of carbonyl (C=O) groups is 1. The zero-order valence-corrected chi connectivity index (χ0v) is 10.2. The number of hydrogen-bond acceptors (Lipinski definition) is 3. The van der Waals surface area contributed by atoms with Gasteiger partial charge in [0.2, 0.25) is 0 Å². The molecule has 5 nitrogen and oxygen atoms in total. The van der Waals surface area contributed by atoms with E-state index in [9.17, 15) is 4.79 Å². The number of hydrogen-bond donors (Lipinski definition) is 3. The molecule has 2 aromatic rings. The first-order valence-electron chi connectivity index (χ1n) is 5.47. The van der Waals surface area contributed by atoms with Gasteiger partial charge in [0, 0.05) is 11.1 Å². The first-order valence-corrected chi connectivity index (χ1v) is 5.47. The fraction of sp³-hybridized carbons (Fsp3) is 0.231. The number of benzene rings is 1. The summed E-state index contributed by atoms with van der Waals surface area (Å²) in [6.07, 6.45) is 5.33. The highest BCUT2D eigenvalue weighted by molar-refractivity contribution is 6.05. The van der Waals surface area contributed by atoms with Crippen LogP contribution in [0, 0.1) is 12.3 Å². The smallest absolute Gasteiger partial charge is 0.273 e. The van der Waals surface area contributed by atoms with E-state index in [1.807, 2.05) is 0 Å². The number of fused-ring (bicyclic) bond motifs is 1. The second-order valence-electron chi connectivity index (χ2n) is 4.60. The molecule has 0 bridgehead atoms. The third kappa shape index (κ3) is 2.13. The van der Waals surface area contributed by atoms with Gasteiger partial charge in [0.1, 0.15) is 0 Å². The molecule has 0 aliphatic carbocycles. The molecule has 2 rings (SSSR count). The van der Waals surface area contributed by atoms with E-state index in [4.69, 9.17) is 12.2 Å². The molecule has 0 radical (unpaired) electrons. The number of carbonyl (C=O) groups excluding carboxylic acids is 1. The highest BCUT2D eigenvalue weighted by Crippen LogP contribution is 2.19.